The number of aliphatic hydroxyl groups excluding tert-OH is 1. The van der Waals surface area contributed by atoms with Gasteiger partial charge in [0.15, 0.2) is 5.78 Å². The van der Waals surface area contributed by atoms with E-state index in [4.69, 9.17) is 4.74 Å². The molecule has 0 bridgehead atoms. The minimum atomic E-state index is -1.86. The topological polar surface area (TPSA) is 145 Å². The second-order valence-corrected chi connectivity index (χ2v) is 12.9. The Morgan fingerprint density at radius 2 is 1.69 bits per heavy atom. The minimum Gasteiger partial charge on any atom is -0.455 e. The van der Waals surface area contributed by atoms with Crippen LogP contribution < -0.4 is 0 Å². The number of hydrogen-bond acceptors (Lipinski definition) is 8. The van der Waals surface area contributed by atoms with E-state index in [9.17, 15) is 35.1 Å². The Morgan fingerprint density at radius 1 is 1.03 bits per heavy atom. The van der Waals surface area contributed by atoms with Crippen LogP contribution in [-0.4, -0.2) is 71.9 Å². The molecule has 3 saturated carbocycles. The van der Waals surface area contributed by atoms with E-state index in [2.05, 4.69) is 0 Å². The van der Waals surface area contributed by atoms with Crippen LogP contribution >= 0.6 is 0 Å². The molecular weight excluding hydrogens is 464 g/mol. The maximum atomic E-state index is 13.2. The molecule has 10 atom stereocenters. The van der Waals surface area contributed by atoms with Crippen molar-refractivity contribution in [3.05, 3.63) is 23.3 Å². The number of hydrogen-bond donors (Lipinski definition) is 5. The highest BCUT2D eigenvalue weighted by Crippen LogP contribution is 2.71. The summed E-state index contributed by atoms with van der Waals surface area (Å²) in [6.45, 7) is 8.42. The first kappa shape index (κ1) is 26.0. The molecule has 36 heavy (non-hydrogen) atoms. The van der Waals surface area contributed by atoms with E-state index >= 15 is 0 Å². The molecule has 5 N–H and O–H groups in total. The van der Waals surface area contributed by atoms with Crippen LogP contribution in [0.3, 0.4) is 0 Å². The highest BCUT2D eigenvalue weighted by Gasteiger charge is 2.78. The number of ketones is 1. The Balaban J connectivity index is 1.55. The van der Waals surface area contributed by atoms with E-state index in [0.29, 0.717) is 18.4 Å². The first-order chi connectivity index (χ1) is 16.5. The van der Waals surface area contributed by atoms with Crippen molar-refractivity contribution in [1.29, 1.82) is 0 Å². The van der Waals surface area contributed by atoms with Crippen molar-refractivity contribution < 1.29 is 39.9 Å². The van der Waals surface area contributed by atoms with Crippen molar-refractivity contribution in [2.45, 2.75) is 114 Å². The molecule has 3 fully saturated rings. The number of ether oxygens (including phenoxy) is 1. The molecule has 0 aromatic carbocycles. The first-order valence-corrected chi connectivity index (χ1v) is 13.2. The highest BCUT2D eigenvalue weighted by molar-refractivity contribution is 5.97. The zero-order chi connectivity index (χ0) is 26.7. The quantitative estimate of drug-likeness (QED) is 0.358. The van der Waals surface area contributed by atoms with Crippen molar-refractivity contribution in [1.82, 2.24) is 0 Å². The molecule has 0 radical (unpaired) electrons. The fourth-order valence-electron chi connectivity index (χ4n) is 8.95. The van der Waals surface area contributed by atoms with Crippen LogP contribution in [0.5, 0.6) is 0 Å². The fourth-order valence-corrected chi connectivity index (χ4v) is 8.95. The molecule has 0 aromatic heterocycles. The molecule has 2 unspecified atom stereocenters. The summed E-state index contributed by atoms with van der Waals surface area (Å²) in [7, 11) is 0. The van der Waals surface area contributed by atoms with Gasteiger partial charge in [-0.1, -0.05) is 18.6 Å². The Labute approximate surface area is 212 Å². The molecule has 0 amide bonds. The van der Waals surface area contributed by atoms with Crippen LogP contribution in [0.1, 0.15) is 79.6 Å². The molecule has 4 aliphatic carbocycles. The summed E-state index contributed by atoms with van der Waals surface area (Å²) in [5, 5.41) is 59.3. The van der Waals surface area contributed by atoms with Crippen molar-refractivity contribution in [2.24, 2.45) is 22.7 Å². The van der Waals surface area contributed by atoms with E-state index in [-0.39, 0.29) is 37.9 Å². The molecule has 0 aromatic rings. The van der Waals surface area contributed by atoms with Crippen molar-refractivity contribution in [3.8, 4) is 0 Å². The number of cyclic esters (lactones) is 1. The SMILES string of the molecule is CC1=C(C)C(=O)O[C@@H]([C@](C)(O)[C@]2(O)CC[C@@]3(O)C4C[C@H](O)[C@]5(O)CC=CC(=O)[C@]5(C)C4CC[C@]23C)C1. The molecule has 8 nitrogen and oxygen atoms in total. The van der Waals surface area contributed by atoms with Gasteiger partial charge < -0.3 is 30.3 Å². The first-order valence-electron chi connectivity index (χ1n) is 13.2. The summed E-state index contributed by atoms with van der Waals surface area (Å²) in [5.41, 5.74) is -8.00. The lowest BCUT2D eigenvalue weighted by Crippen LogP contribution is -2.75. The van der Waals surface area contributed by atoms with Gasteiger partial charge >= 0.3 is 5.97 Å². The van der Waals surface area contributed by atoms with Gasteiger partial charge in [-0.15, -0.1) is 0 Å². The third-order valence-electron chi connectivity index (χ3n) is 11.8. The van der Waals surface area contributed by atoms with E-state index in [0.717, 1.165) is 5.57 Å². The van der Waals surface area contributed by atoms with Gasteiger partial charge in [0.1, 0.15) is 22.9 Å². The van der Waals surface area contributed by atoms with Crippen molar-refractivity contribution >= 4 is 11.8 Å². The zero-order valence-corrected chi connectivity index (χ0v) is 21.9. The molecule has 8 heteroatoms. The summed E-state index contributed by atoms with van der Waals surface area (Å²) < 4.78 is 5.59. The van der Waals surface area contributed by atoms with E-state index in [1.165, 1.54) is 13.0 Å². The molecule has 1 aliphatic heterocycles. The summed E-state index contributed by atoms with van der Waals surface area (Å²) >= 11 is 0. The molecule has 1 heterocycles. The van der Waals surface area contributed by atoms with Crippen molar-refractivity contribution in [3.63, 3.8) is 0 Å². The Morgan fingerprint density at radius 3 is 2.33 bits per heavy atom. The van der Waals surface area contributed by atoms with E-state index < -0.39 is 63.2 Å². The lowest BCUT2D eigenvalue weighted by Gasteiger charge is -2.66. The monoisotopic (exact) mass is 504 g/mol. The third-order valence-corrected chi connectivity index (χ3v) is 11.8. The molecule has 0 spiro atoms. The molecule has 200 valence electrons. The average molecular weight is 505 g/mol. The van der Waals surface area contributed by atoms with Crippen LogP contribution in [0.25, 0.3) is 0 Å². The van der Waals surface area contributed by atoms with Gasteiger partial charge in [0.05, 0.1) is 17.1 Å². The van der Waals surface area contributed by atoms with Crippen LogP contribution in [0, 0.1) is 22.7 Å². The van der Waals surface area contributed by atoms with Gasteiger partial charge in [-0.2, -0.15) is 0 Å². The molecule has 5 rings (SSSR count). The fraction of sp³-hybridized carbons (Fsp3) is 0.786. The summed E-state index contributed by atoms with van der Waals surface area (Å²) in [6, 6.07) is 0. The van der Waals surface area contributed by atoms with E-state index in [1.54, 1.807) is 26.8 Å². The summed E-state index contributed by atoms with van der Waals surface area (Å²) in [4.78, 5) is 25.7. The number of aliphatic hydroxyl groups is 5. The van der Waals surface area contributed by atoms with Crippen LogP contribution in [0.15, 0.2) is 23.3 Å². The normalized spacial score (nSPS) is 52.3. The maximum Gasteiger partial charge on any atom is 0.334 e. The zero-order valence-electron chi connectivity index (χ0n) is 21.9. The van der Waals surface area contributed by atoms with Crippen LogP contribution in [-0.2, 0) is 14.3 Å². The molecular formula is C28H40O8. The number of carbonyl (C=O) groups excluding carboxylic acids is 2. The predicted molar refractivity (Wildman–Crippen MR) is 129 cm³/mol. The second kappa shape index (κ2) is 7.50. The van der Waals surface area contributed by atoms with Gasteiger partial charge in [0.2, 0.25) is 0 Å². The summed E-state index contributed by atoms with van der Waals surface area (Å²) in [5.74, 6) is -1.77. The lowest BCUT2D eigenvalue weighted by molar-refractivity contribution is -0.301. The number of allylic oxidation sites excluding steroid dienone is 1. The molecule has 5 aliphatic rings. The lowest BCUT2D eigenvalue weighted by atomic mass is 9.41. The minimum absolute atomic E-state index is 0.0664. The predicted octanol–water partition coefficient (Wildman–Crippen LogP) is 1.71. The average Bonchev–Trinajstić information content (AvgIpc) is 3.03. The van der Waals surface area contributed by atoms with Crippen LogP contribution in [0.4, 0.5) is 0 Å². The van der Waals surface area contributed by atoms with E-state index in [1.807, 2.05) is 6.92 Å². The smallest absolute Gasteiger partial charge is 0.334 e. The largest absolute Gasteiger partial charge is 0.455 e. The van der Waals surface area contributed by atoms with Gasteiger partial charge in [-0.3, -0.25) is 4.79 Å². The Hall–Kier alpha value is -1.58. The van der Waals surface area contributed by atoms with Gasteiger partial charge in [0.25, 0.3) is 0 Å². The highest BCUT2D eigenvalue weighted by atomic mass is 16.6. The standard InChI is InChI=1S/C28H40O8/c1-15-13-21(36-22(31)16(15)2)25(5,32)28(35)12-11-26(33)18-14-20(30)27(34)9-6-7-19(29)24(27,4)17(18)8-10-23(26,28)3/h6-7,17-18,20-21,30,32-35H,8-14H2,1-5H3/t17?,18?,20-,21+,23-,24-,25-,26+,27+,28-/m0/s1. The Bertz CT molecular complexity index is 1080. The number of esters is 1. The number of carbonyl (C=O) groups is 2. The Kier molecular flexibility index (Phi) is 5.43. The van der Waals surface area contributed by atoms with Gasteiger partial charge in [-0.05, 0) is 84.1 Å². The second-order valence-electron chi connectivity index (χ2n) is 12.9. The summed E-state index contributed by atoms with van der Waals surface area (Å²) in [6.07, 6.45) is 2.31. The maximum absolute atomic E-state index is 13.2. The third kappa shape index (κ3) is 2.72. The van der Waals surface area contributed by atoms with Gasteiger partial charge in [0, 0.05) is 17.4 Å². The van der Waals surface area contributed by atoms with Gasteiger partial charge in [-0.25, -0.2) is 4.79 Å². The molecule has 0 saturated heterocycles. The van der Waals surface area contributed by atoms with Crippen molar-refractivity contribution in [2.75, 3.05) is 0 Å². The van der Waals surface area contributed by atoms with Crippen LogP contribution in [0.2, 0.25) is 0 Å². The number of rotatable bonds is 2. The number of fused-ring (bicyclic) bond motifs is 5.